The molecule has 0 saturated carbocycles. The van der Waals surface area contributed by atoms with E-state index in [0.29, 0.717) is 9.99 Å². The van der Waals surface area contributed by atoms with Gasteiger partial charge >= 0.3 is 6.18 Å². The lowest BCUT2D eigenvalue weighted by atomic mass is 10.1. The van der Waals surface area contributed by atoms with Gasteiger partial charge in [-0.3, -0.25) is 4.79 Å². The number of carbonyl (C=O) groups excluding carboxylic acids is 1. The molecular weight excluding hydrogens is 334 g/mol. The zero-order valence-electron chi connectivity index (χ0n) is 8.98. The van der Waals surface area contributed by atoms with Crippen molar-refractivity contribution in [3.8, 4) is 0 Å². The number of carbonyl (C=O) groups is 1. The first kappa shape index (κ1) is 13.4. The molecule has 0 radical (unpaired) electrons. The van der Waals surface area contributed by atoms with Gasteiger partial charge in [-0.15, -0.1) is 0 Å². The number of aryl methyl sites for hydroxylation is 1. The number of hydrogen-bond acceptors (Lipinski definition) is 1. The number of Topliss-reactive ketones (excluding diaryl/α,β-unsaturated/α-hetero) is 1. The van der Waals surface area contributed by atoms with E-state index in [-0.39, 0.29) is 10.4 Å². The highest BCUT2D eigenvalue weighted by atomic mass is 79.9. The normalized spacial score (nSPS) is 12.1. The number of hydrogen-bond donors (Lipinski definition) is 0. The monoisotopic (exact) mass is 339 g/mol. The van der Waals surface area contributed by atoms with E-state index in [1.165, 1.54) is 4.57 Å². The van der Waals surface area contributed by atoms with Gasteiger partial charge in [0.2, 0.25) is 0 Å². The predicted molar refractivity (Wildman–Crippen MR) is 66.0 cm³/mol. The molecule has 7 heteroatoms. The number of aromatic nitrogens is 1. The molecule has 0 saturated heterocycles. The summed E-state index contributed by atoms with van der Waals surface area (Å²) < 4.78 is 39.4. The Balaban J connectivity index is 2.81. The van der Waals surface area contributed by atoms with Gasteiger partial charge in [-0.1, -0.05) is 11.6 Å². The van der Waals surface area contributed by atoms with Crippen LogP contribution < -0.4 is 0 Å². The van der Waals surface area contributed by atoms with Crippen LogP contribution in [0.4, 0.5) is 13.2 Å². The summed E-state index contributed by atoms with van der Waals surface area (Å²) >= 11 is 9.08. The molecule has 1 aromatic heterocycles. The molecule has 2 nitrogen and oxygen atoms in total. The fourth-order valence-corrected chi connectivity index (χ4v) is 2.34. The molecule has 0 amide bonds. The van der Waals surface area contributed by atoms with Gasteiger partial charge in [-0.2, -0.15) is 13.2 Å². The van der Waals surface area contributed by atoms with Crippen molar-refractivity contribution < 1.29 is 18.0 Å². The minimum atomic E-state index is -4.92. The van der Waals surface area contributed by atoms with Gasteiger partial charge in [0.15, 0.2) is 0 Å². The van der Waals surface area contributed by atoms with E-state index in [0.717, 1.165) is 6.20 Å². The van der Waals surface area contributed by atoms with Crippen LogP contribution in [-0.4, -0.2) is 16.5 Å². The van der Waals surface area contributed by atoms with Gasteiger partial charge < -0.3 is 4.57 Å². The molecule has 18 heavy (non-hydrogen) atoms. The van der Waals surface area contributed by atoms with Gasteiger partial charge in [0.05, 0.1) is 16.1 Å². The molecule has 0 N–H and O–H groups in total. The molecule has 0 aliphatic carbocycles. The molecule has 2 rings (SSSR count). The van der Waals surface area contributed by atoms with Crippen LogP contribution in [0.5, 0.6) is 0 Å². The lowest BCUT2D eigenvalue weighted by Gasteiger charge is -2.05. The summed E-state index contributed by atoms with van der Waals surface area (Å²) in [7, 11) is 1.56. The van der Waals surface area contributed by atoms with Gasteiger partial charge in [0, 0.05) is 23.1 Å². The molecule has 0 unspecified atom stereocenters. The number of rotatable bonds is 1. The van der Waals surface area contributed by atoms with Crippen molar-refractivity contribution in [2.45, 2.75) is 6.18 Å². The third kappa shape index (κ3) is 2.03. The molecule has 0 atom stereocenters. The molecule has 96 valence electrons. The standard InChI is InChI=1S/C11H6BrClF3NO/c1-17-4-5(10(18)11(14,15)16)8-7(17)3-2-6(12)9(8)13/h2-4H,1H3. The van der Waals surface area contributed by atoms with Gasteiger partial charge in [-0.25, -0.2) is 0 Å². The van der Waals surface area contributed by atoms with E-state index in [1.54, 1.807) is 19.2 Å². The van der Waals surface area contributed by atoms with E-state index in [9.17, 15) is 18.0 Å². The van der Waals surface area contributed by atoms with E-state index in [1.807, 2.05) is 0 Å². The third-order valence-corrected chi connectivity index (χ3v) is 3.83. The topological polar surface area (TPSA) is 22.0 Å². The van der Waals surface area contributed by atoms with Crippen LogP contribution in [0, 0.1) is 0 Å². The summed E-state index contributed by atoms with van der Waals surface area (Å²) in [5.74, 6) is -1.90. The average molecular weight is 341 g/mol. The second kappa shape index (κ2) is 4.28. The average Bonchev–Trinajstić information content (AvgIpc) is 2.59. The van der Waals surface area contributed by atoms with Crippen LogP contribution in [0.2, 0.25) is 5.02 Å². The fourth-order valence-electron chi connectivity index (χ4n) is 1.74. The van der Waals surface area contributed by atoms with Crippen molar-refractivity contribution in [2.24, 2.45) is 7.05 Å². The zero-order chi connectivity index (χ0) is 13.7. The van der Waals surface area contributed by atoms with Crippen LogP contribution in [-0.2, 0) is 7.05 Å². The second-order valence-corrected chi connectivity index (χ2v) is 4.97. The van der Waals surface area contributed by atoms with Crippen LogP contribution in [0.1, 0.15) is 10.4 Å². The van der Waals surface area contributed by atoms with E-state index < -0.39 is 17.5 Å². The number of benzene rings is 1. The van der Waals surface area contributed by atoms with E-state index >= 15 is 0 Å². The van der Waals surface area contributed by atoms with Crippen LogP contribution in [0.3, 0.4) is 0 Å². The largest absolute Gasteiger partial charge is 0.454 e. The minimum Gasteiger partial charge on any atom is -0.350 e. The lowest BCUT2D eigenvalue weighted by molar-refractivity contribution is -0.0884. The van der Waals surface area contributed by atoms with Crippen molar-refractivity contribution in [1.29, 1.82) is 0 Å². The highest BCUT2D eigenvalue weighted by Crippen LogP contribution is 2.36. The van der Waals surface area contributed by atoms with Gasteiger partial charge in [0.25, 0.3) is 5.78 Å². The molecule has 1 heterocycles. The Hall–Kier alpha value is -1.01. The SMILES string of the molecule is Cn1cc(C(=O)C(F)(F)F)c2c(Cl)c(Br)ccc21. The molecule has 0 bridgehead atoms. The van der Waals surface area contributed by atoms with E-state index in [2.05, 4.69) is 15.9 Å². The fraction of sp³-hybridized carbons (Fsp3) is 0.182. The highest BCUT2D eigenvalue weighted by molar-refractivity contribution is 9.10. The van der Waals surface area contributed by atoms with Crippen molar-refractivity contribution in [2.75, 3.05) is 0 Å². The molecule has 0 aliphatic rings. The Labute approximate surface area is 113 Å². The summed E-state index contributed by atoms with van der Waals surface area (Å²) in [5, 5.41) is 0.205. The smallest absolute Gasteiger partial charge is 0.350 e. The first-order chi connectivity index (χ1) is 8.23. The molecule has 1 aromatic carbocycles. The van der Waals surface area contributed by atoms with Crippen LogP contribution >= 0.6 is 27.5 Å². The molecule has 2 aromatic rings. The molecule has 0 aliphatic heterocycles. The zero-order valence-corrected chi connectivity index (χ0v) is 11.3. The maximum absolute atomic E-state index is 12.5. The van der Waals surface area contributed by atoms with Crippen LogP contribution in [0.15, 0.2) is 22.8 Å². The van der Waals surface area contributed by atoms with Gasteiger partial charge in [-0.05, 0) is 28.1 Å². The third-order valence-electron chi connectivity index (χ3n) is 2.55. The number of alkyl halides is 3. The highest BCUT2D eigenvalue weighted by Gasteiger charge is 2.41. The summed E-state index contributed by atoms with van der Waals surface area (Å²) in [5.41, 5.74) is 0.0297. The Kier molecular flexibility index (Phi) is 3.19. The summed E-state index contributed by atoms with van der Waals surface area (Å²) in [6.45, 7) is 0. The van der Waals surface area contributed by atoms with Crippen LogP contribution in [0.25, 0.3) is 10.9 Å². The Bertz CT molecular complexity index is 648. The summed E-state index contributed by atoms with van der Waals surface area (Å²) in [4.78, 5) is 11.3. The van der Waals surface area contributed by atoms with Crippen molar-refractivity contribution >= 4 is 44.2 Å². The predicted octanol–water partition coefficient (Wildman–Crippen LogP) is 4.34. The second-order valence-electron chi connectivity index (χ2n) is 3.74. The number of fused-ring (bicyclic) bond motifs is 1. The van der Waals surface area contributed by atoms with E-state index in [4.69, 9.17) is 11.6 Å². The molecular formula is C11H6BrClF3NO. The van der Waals surface area contributed by atoms with Crippen molar-refractivity contribution in [3.63, 3.8) is 0 Å². The van der Waals surface area contributed by atoms with Crippen molar-refractivity contribution in [1.82, 2.24) is 4.57 Å². The summed E-state index contributed by atoms with van der Waals surface area (Å²) in [6.07, 6.45) is -3.78. The Morgan fingerprint density at radius 2 is 2.00 bits per heavy atom. The minimum absolute atomic E-state index is 0.0979. The first-order valence-corrected chi connectivity index (χ1v) is 5.95. The van der Waals surface area contributed by atoms with Gasteiger partial charge in [0.1, 0.15) is 0 Å². The lowest BCUT2D eigenvalue weighted by Crippen LogP contribution is -2.22. The Morgan fingerprint density at radius 1 is 1.39 bits per heavy atom. The molecule has 0 fully saturated rings. The molecule has 0 spiro atoms. The van der Waals surface area contributed by atoms with Crippen molar-refractivity contribution in [3.05, 3.63) is 33.4 Å². The first-order valence-electron chi connectivity index (χ1n) is 4.78. The Morgan fingerprint density at radius 3 is 2.56 bits per heavy atom. The quantitative estimate of drug-likeness (QED) is 0.708. The maximum Gasteiger partial charge on any atom is 0.454 e. The number of halogens is 5. The number of ketones is 1. The maximum atomic E-state index is 12.5. The summed E-state index contributed by atoms with van der Waals surface area (Å²) in [6, 6.07) is 3.21. The number of nitrogens with zero attached hydrogens (tertiary/aromatic N) is 1.